The van der Waals surface area contributed by atoms with E-state index in [1.165, 1.54) is 27.8 Å². The zero-order valence-electron chi connectivity index (χ0n) is 15.2. The molecule has 1 fully saturated rings. The van der Waals surface area contributed by atoms with Crippen LogP contribution in [0.25, 0.3) is 11.0 Å². The van der Waals surface area contributed by atoms with E-state index in [-0.39, 0.29) is 41.9 Å². The number of rotatable bonds is 6. The van der Waals surface area contributed by atoms with Crippen LogP contribution in [0, 0.1) is 5.82 Å². The molecule has 1 atom stereocenters. The number of benzene rings is 1. The van der Waals surface area contributed by atoms with Gasteiger partial charge in [0.1, 0.15) is 24.1 Å². The molecule has 3 aromatic rings. The Balaban J connectivity index is 1.49. The number of ether oxygens (including phenoxy) is 1. The third kappa shape index (κ3) is 3.79. The average Bonchev–Trinajstić information content (AvgIpc) is 3.35. The van der Waals surface area contributed by atoms with Crippen molar-refractivity contribution < 1.29 is 13.9 Å². The largest absolute Gasteiger partial charge is 0.376 e. The Morgan fingerprint density at radius 1 is 1.36 bits per heavy atom. The predicted molar refractivity (Wildman–Crippen MR) is 99.3 cm³/mol. The fourth-order valence-electron chi connectivity index (χ4n) is 3.26. The molecule has 0 radical (unpaired) electrons. The van der Waals surface area contributed by atoms with Crippen molar-refractivity contribution in [3.63, 3.8) is 0 Å². The number of nitrogens with zero attached hydrogens (tertiary/aromatic N) is 4. The van der Waals surface area contributed by atoms with Crippen molar-refractivity contribution in [2.45, 2.75) is 32.0 Å². The number of nitrogens with one attached hydrogen (secondary N) is 1. The standard InChI is InChI=1S/C19H20FN5O3/c20-16-6-2-1-4-13(16)10-25-18-15(9-23-25)19(27)24(12-22-18)11-17(26)21-8-14-5-3-7-28-14/h1-2,4,6,9,12,14H,3,5,7-8,10-11H2,(H,21,26). The number of hydrogen-bond acceptors (Lipinski definition) is 5. The van der Waals surface area contributed by atoms with Gasteiger partial charge in [-0.3, -0.25) is 14.2 Å². The first kappa shape index (κ1) is 18.3. The Hall–Kier alpha value is -3.07. The van der Waals surface area contributed by atoms with Crippen LogP contribution in [-0.4, -0.2) is 44.5 Å². The number of amides is 1. The van der Waals surface area contributed by atoms with E-state index < -0.39 is 0 Å². The molecule has 0 spiro atoms. The number of halogens is 1. The molecule has 1 aromatic carbocycles. The van der Waals surface area contributed by atoms with Crippen molar-refractivity contribution in [2.24, 2.45) is 0 Å². The fraction of sp³-hybridized carbons (Fsp3) is 0.368. The van der Waals surface area contributed by atoms with E-state index >= 15 is 0 Å². The normalized spacial score (nSPS) is 16.5. The second-order valence-corrected chi connectivity index (χ2v) is 6.75. The summed E-state index contributed by atoms with van der Waals surface area (Å²) in [7, 11) is 0. The van der Waals surface area contributed by atoms with Crippen LogP contribution in [0.5, 0.6) is 0 Å². The molecule has 1 amide bonds. The van der Waals surface area contributed by atoms with Crippen LogP contribution in [0.4, 0.5) is 4.39 Å². The highest BCUT2D eigenvalue weighted by atomic mass is 19.1. The molecule has 1 N–H and O–H groups in total. The second kappa shape index (κ2) is 7.89. The van der Waals surface area contributed by atoms with Crippen LogP contribution in [0.3, 0.4) is 0 Å². The smallest absolute Gasteiger partial charge is 0.264 e. The van der Waals surface area contributed by atoms with Gasteiger partial charge in [0.2, 0.25) is 5.91 Å². The molecule has 9 heteroatoms. The summed E-state index contributed by atoms with van der Waals surface area (Å²) in [6.45, 7) is 1.18. The van der Waals surface area contributed by atoms with Crippen LogP contribution in [0.1, 0.15) is 18.4 Å². The van der Waals surface area contributed by atoms with Crippen molar-refractivity contribution in [3.05, 3.63) is 58.5 Å². The predicted octanol–water partition coefficient (Wildman–Crippen LogP) is 1.08. The minimum atomic E-state index is -0.364. The van der Waals surface area contributed by atoms with Gasteiger partial charge in [-0.1, -0.05) is 18.2 Å². The van der Waals surface area contributed by atoms with Gasteiger partial charge in [-0.2, -0.15) is 5.10 Å². The van der Waals surface area contributed by atoms with Gasteiger partial charge in [0, 0.05) is 18.7 Å². The molecule has 0 saturated carbocycles. The van der Waals surface area contributed by atoms with Gasteiger partial charge >= 0.3 is 0 Å². The van der Waals surface area contributed by atoms with Crippen LogP contribution >= 0.6 is 0 Å². The van der Waals surface area contributed by atoms with Crippen molar-refractivity contribution in [2.75, 3.05) is 13.2 Å². The highest BCUT2D eigenvalue weighted by Gasteiger charge is 2.17. The number of carbonyl (C=O) groups excluding carboxylic acids is 1. The first-order chi connectivity index (χ1) is 13.6. The van der Waals surface area contributed by atoms with Crippen LogP contribution in [-0.2, 0) is 22.6 Å². The molecule has 28 heavy (non-hydrogen) atoms. The highest BCUT2D eigenvalue weighted by molar-refractivity contribution is 5.77. The summed E-state index contributed by atoms with van der Waals surface area (Å²) in [5.74, 6) is -0.625. The quantitative estimate of drug-likeness (QED) is 0.686. The lowest BCUT2D eigenvalue weighted by Gasteiger charge is -2.11. The molecular formula is C19H20FN5O3. The second-order valence-electron chi connectivity index (χ2n) is 6.75. The fourth-order valence-corrected chi connectivity index (χ4v) is 3.26. The van der Waals surface area contributed by atoms with E-state index in [2.05, 4.69) is 15.4 Å². The third-order valence-corrected chi connectivity index (χ3v) is 4.77. The Kier molecular flexibility index (Phi) is 5.16. The maximum absolute atomic E-state index is 13.9. The molecular weight excluding hydrogens is 365 g/mol. The minimum absolute atomic E-state index is 0.0397. The van der Waals surface area contributed by atoms with Gasteiger partial charge in [-0.05, 0) is 18.9 Å². The Morgan fingerprint density at radius 3 is 3.00 bits per heavy atom. The Morgan fingerprint density at radius 2 is 2.21 bits per heavy atom. The monoisotopic (exact) mass is 385 g/mol. The lowest BCUT2D eigenvalue weighted by Crippen LogP contribution is -2.36. The zero-order valence-corrected chi connectivity index (χ0v) is 15.2. The van der Waals surface area contributed by atoms with E-state index in [1.807, 2.05) is 0 Å². The maximum Gasteiger partial charge on any atom is 0.264 e. The van der Waals surface area contributed by atoms with Gasteiger partial charge in [0.25, 0.3) is 5.56 Å². The molecule has 1 unspecified atom stereocenters. The van der Waals surface area contributed by atoms with E-state index in [9.17, 15) is 14.0 Å². The van der Waals surface area contributed by atoms with Gasteiger partial charge in [0.15, 0.2) is 5.65 Å². The molecule has 1 saturated heterocycles. The van der Waals surface area contributed by atoms with Crippen LogP contribution in [0.2, 0.25) is 0 Å². The number of fused-ring (bicyclic) bond motifs is 1. The van der Waals surface area contributed by atoms with Gasteiger partial charge in [-0.15, -0.1) is 0 Å². The number of hydrogen-bond donors (Lipinski definition) is 1. The topological polar surface area (TPSA) is 91.0 Å². The van der Waals surface area contributed by atoms with Crippen molar-refractivity contribution in [1.29, 1.82) is 0 Å². The first-order valence-electron chi connectivity index (χ1n) is 9.14. The Labute approximate surface area is 159 Å². The summed E-state index contributed by atoms with van der Waals surface area (Å²) in [5.41, 5.74) is 0.438. The molecule has 2 aromatic heterocycles. The number of carbonyl (C=O) groups is 1. The third-order valence-electron chi connectivity index (χ3n) is 4.77. The molecule has 0 aliphatic carbocycles. The summed E-state index contributed by atoms with van der Waals surface area (Å²) >= 11 is 0. The molecule has 1 aliphatic heterocycles. The molecule has 1 aliphatic rings. The first-order valence-corrected chi connectivity index (χ1v) is 9.14. The number of aromatic nitrogens is 4. The van der Waals surface area contributed by atoms with Gasteiger partial charge in [0.05, 0.1) is 18.8 Å². The van der Waals surface area contributed by atoms with Crippen molar-refractivity contribution >= 4 is 16.9 Å². The van der Waals surface area contributed by atoms with Crippen molar-refractivity contribution in [3.8, 4) is 0 Å². The van der Waals surface area contributed by atoms with E-state index in [1.54, 1.807) is 18.2 Å². The molecule has 3 heterocycles. The zero-order chi connectivity index (χ0) is 19.5. The molecule has 146 valence electrons. The average molecular weight is 385 g/mol. The Bertz CT molecular complexity index is 1060. The molecule has 0 bridgehead atoms. The van der Waals surface area contributed by atoms with E-state index in [0.717, 1.165) is 19.4 Å². The minimum Gasteiger partial charge on any atom is -0.376 e. The van der Waals surface area contributed by atoms with Crippen LogP contribution in [0.15, 0.2) is 41.6 Å². The molecule has 8 nitrogen and oxygen atoms in total. The summed E-state index contributed by atoms with van der Waals surface area (Å²) in [6.07, 6.45) is 4.67. The lowest BCUT2D eigenvalue weighted by atomic mass is 10.2. The summed E-state index contributed by atoms with van der Waals surface area (Å²) in [4.78, 5) is 29.0. The van der Waals surface area contributed by atoms with Gasteiger partial charge < -0.3 is 10.1 Å². The van der Waals surface area contributed by atoms with Crippen LogP contribution < -0.4 is 10.9 Å². The lowest BCUT2D eigenvalue weighted by molar-refractivity contribution is -0.122. The highest BCUT2D eigenvalue weighted by Crippen LogP contribution is 2.12. The van der Waals surface area contributed by atoms with Gasteiger partial charge in [-0.25, -0.2) is 14.1 Å². The maximum atomic E-state index is 13.9. The SMILES string of the molecule is O=C(Cn1cnc2c(cnn2Cc2ccccc2F)c1=O)NCC1CCCO1. The van der Waals surface area contributed by atoms with E-state index in [0.29, 0.717) is 17.8 Å². The summed E-state index contributed by atoms with van der Waals surface area (Å²) < 4.78 is 22.0. The van der Waals surface area contributed by atoms with Crippen molar-refractivity contribution in [1.82, 2.24) is 24.6 Å². The summed E-state index contributed by atoms with van der Waals surface area (Å²) in [6, 6.07) is 6.37. The summed E-state index contributed by atoms with van der Waals surface area (Å²) in [5, 5.41) is 7.22. The molecule has 4 rings (SSSR count). The van der Waals surface area contributed by atoms with E-state index in [4.69, 9.17) is 4.74 Å².